The van der Waals surface area contributed by atoms with Crippen LogP contribution in [0.25, 0.3) is 0 Å². The Balaban J connectivity index is 2.18. The van der Waals surface area contributed by atoms with Crippen LogP contribution in [0.1, 0.15) is 11.1 Å². The average molecular weight is 322 g/mol. The summed E-state index contributed by atoms with van der Waals surface area (Å²) in [6.07, 6.45) is 0. The lowest BCUT2D eigenvalue weighted by atomic mass is 9.99. The van der Waals surface area contributed by atoms with Gasteiger partial charge < -0.3 is 5.32 Å². The quantitative estimate of drug-likeness (QED) is 0.831. The topological polar surface area (TPSA) is 24.4 Å². The Morgan fingerprint density at radius 2 is 1.94 bits per heavy atom. The van der Waals surface area contributed by atoms with Crippen LogP contribution in [0.2, 0.25) is 5.02 Å². The summed E-state index contributed by atoms with van der Waals surface area (Å²) in [6, 6.07) is 13.9. The zero-order valence-corrected chi connectivity index (χ0v) is 11.8. The molecule has 1 N–H and O–H groups in total. The van der Waals surface area contributed by atoms with Crippen molar-refractivity contribution >= 4 is 38.9 Å². The van der Waals surface area contributed by atoms with Crippen molar-refractivity contribution in [1.82, 2.24) is 0 Å². The summed E-state index contributed by atoms with van der Waals surface area (Å²) >= 11 is 9.74. The molecule has 3 rings (SSSR count). The third-order valence-electron chi connectivity index (χ3n) is 2.87. The van der Waals surface area contributed by atoms with Gasteiger partial charge in [-0.05, 0) is 24.3 Å². The zero-order valence-electron chi connectivity index (χ0n) is 9.45. The van der Waals surface area contributed by atoms with Crippen LogP contribution in [-0.2, 0) is 0 Å². The molecule has 2 aromatic rings. The highest BCUT2D eigenvalue weighted by Crippen LogP contribution is 2.29. The van der Waals surface area contributed by atoms with E-state index in [4.69, 9.17) is 11.6 Å². The standard InChI is InChI=1S/C14H10BrClN2/c15-9-5-6-13-11(7-9)14(18-8-17-13)10-3-1-2-4-12(10)16/h1-7,17H,8H2. The van der Waals surface area contributed by atoms with Crippen molar-refractivity contribution in [2.24, 2.45) is 4.99 Å². The third kappa shape index (κ3) is 2.04. The fraction of sp³-hybridized carbons (Fsp3) is 0.0714. The molecule has 1 aliphatic heterocycles. The summed E-state index contributed by atoms with van der Waals surface area (Å²) in [4.78, 5) is 4.54. The second kappa shape index (κ2) is 4.75. The largest absolute Gasteiger partial charge is 0.366 e. The first-order chi connectivity index (χ1) is 8.75. The molecule has 1 aliphatic rings. The lowest BCUT2D eigenvalue weighted by Gasteiger charge is -2.19. The molecule has 0 aliphatic carbocycles. The van der Waals surface area contributed by atoms with E-state index >= 15 is 0 Å². The minimum absolute atomic E-state index is 0.579. The van der Waals surface area contributed by atoms with Crippen LogP contribution in [0.5, 0.6) is 0 Å². The van der Waals surface area contributed by atoms with Crippen molar-refractivity contribution in [2.45, 2.75) is 0 Å². The molecule has 4 heteroatoms. The molecule has 0 spiro atoms. The van der Waals surface area contributed by atoms with Crippen LogP contribution in [0.4, 0.5) is 5.69 Å². The van der Waals surface area contributed by atoms with Crippen LogP contribution in [-0.4, -0.2) is 12.4 Å². The van der Waals surface area contributed by atoms with E-state index in [1.807, 2.05) is 36.4 Å². The predicted molar refractivity (Wildman–Crippen MR) is 79.7 cm³/mol. The summed E-state index contributed by atoms with van der Waals surface area (Å²) in [5.41, 5.74) is 4.07. The van der Waals surface area contributed by atoms with Gasteiger partial charge in [0.2, 0.25) is 0 Å². The molecule has 0 radical (unpaired) electrons. The number of benzene rings is 2. The van der Waals surface area contributed by atoms with E-state index in [-0.39, 0.29) is 0 Å². The molecule has 0 atom stereocenters. The molecule has 18 heavy (non-hydrogen) atoms. The van der Waals surface area contributed by atoms with Gasteiger partial charge in [0.15, 0.2) is 0 Å². The smallest absolute Gasteiger partial charge is 0.108 e. The molecule has 0 aromatic heterocycles. The summed E-state index contributed by atoms with van der Waals surface area (Å²) < 4.78 is 1.03. The highest BCUT2D eigenvalue weighted by molar-refractivity contribution is 9.10. The lowest BCUT2D eigenvalue weighted by molar-refractivity contribution is 1.11. The van der Waals surface area contributed by atoms with E-state index in [1.54, 1.807) is 0 Å². The Bertz CT molecular complexity index is 637. The minimum atomic E-state index is 0.579. The van der Waals surface area contributed by atoms with Crippen molar-refractivity contribution in [3.63, 3.8) is 0 Å². The van der Waals surface area contributed by atoms with Crippen LogP contribution in [0.3, 0.4) is 0 Å². The summed E-state index contributed by atoms with van der Waals surface area (Å²) in [5.74, 6) is 0. The monoisotopic (exact) mass is 320 g/mol. The molecule has 0 unspecified atom stereocenters. The maximum Gasteiger partial charge on any atom is 0.108 e. The van der Waals surface area contributed by atoms with Gasteiger partial charge in [0.25, 0.3) is 0 Å². The number of halogens is 2. The van der Waals surface area contributed by atoms with Crippen LogP contribution >= 0.6 is 27.5 Å². The van der Waals surface area contributed by atoms with E-state index < -0.39 is 0 Å². The van der Waals surface area contributed by atoms with Crippen molar-refractivity contribution in [3.05, 3.63) is 63.1 Å². The van der Waals surface area contributed by atoms with Gasteiger partial charge in [-0.3, -0.25) is 4.99 Å². The van der Waals surface area contributed by atoms with Crippen LogP contribution < -0.4 is 5.32 Å². The van der Waals surface area contributed by atoms with E-state index in [0.29, 0.717) is 6.67 Å². The van der Waals surface area contributed by atoms with Crippen molar-refractivity contribution < 1.29 is 0 Å². The van der Waals surface area contributed by atoms with E-state index in [1.165, 1.54) is 0 Å². The predicted octanol–water partition coefficient (Wildman–Crippen LogP) is 4.32. The van der Waals surface area contributed by atoms with Crippen molar-refractivity contribution in [3.8, 4) is 0 Å². The number of nitrogens with one attached hydrogen (secondary N) is 1. The number of anilines is 1. The molecule has 90 valence electrons. The first-order valence-electron chi connectivity index (χ1n) is 5.59. The van der Waals surface area contributed by atoms with E-state index in [0.717, 1.165) is 32.0 Å². The Morgan fingerprint density at radius 1 is 1.11 bits per heavy atom. The Hall–Kier alpha value is -1.32. The lowest BCUT2D eigenvalue weighted by Crippen LogP contribution is -2.16. The van der Waals surface area contributed by atoms with Gasteiger partial charge in [-0.2, -0.15) is 0 Å². The minimum Gasteiger partial charge on any atom is -0.366 e. The number of hydrogen-bond acceptors (Lipinski definition) is 2. The van der Waals surface area contributed by atoms with Crippen LogP contribution in [0.15, 0.2) is 51.9 Å². The van der Waals surface area contributed by atoms with Crippen molar-refractivity contribution in [2.75, 3.05) is 12.0 Å². The number of nitrogens with zero attached hydrogens (tertiary/aromatic N) is 1. The van der Waals surface area contributed by atoms with E-state index in [9.17, 15) is 0 Å². The molecule has 2 aromatic carbocycles. The Kier molecular flexibility index (Phi) is 3.10. The van der Waals surface area contributed by atoms with E-state index in [2.05, 4.69) is 32.3 Å². The first-order valence-corrected chi connectivity index (χ1v) is 6.76. The second-order valence-corrected chi connectivity index (χ2v) is 5.33. The molecule has 2 nitrogen and oxygen atoms in total. The van der Waals surface area contributed by atoms with Crippen LogP contribution in [0, 0.1) is 0 Å². The summed E-state index contributed by atoms with van der Waals surface area (Å²) in [6.45, 7) is 0.579. The average Bonchev–Trinajstić information content (AvgIpc) is 2.39. The Morgan fingerprint density at radius 3 is 2.78 bits per heavy atom. The molecular weight excluding hydrogens is 312 g/mol. The molecule has 0 fully saturated rings. The van der Waals surface area contributed by atoms with Gasteiger partial charge in [-0.1, -0.05) is 45.7 Å². The second-order valence-electron chi connectivity index (χ2n) is 4.01. The van der Waals surface area contributed by atoms with Gasteiger partial charge in [-0.25, -0.2) is 0 Å². The molecule has 1 heterocycles. The number of fused-ring (bicyclic) bond motifs is 1. The molecule has 0 saturated carbocycles. The Labute approximate surface area is 119 Å². The van der Waals surface area contributed by atoms with Crippen molar-refractivity contribution in [1.29, 1.82) is 0 Å². The fourth-order valence-electron chi connectivity index (χ4n) is 2.04. The molecular formula is C14H10BrClN2. The highest BCUT2D eigenvalue weighted by Gasteiger charge is 2.17. The SMILES string of the molecule is Clc1ccccc1C1=NCNc2ccc(Br)cc21. The molecule has 0 saturated heterocycles. The van der Waals surface area contributed by atoms with Gasteiger partial charge in [0, 0.05) is 26.3 Å². The van der Waals surface area contributed by atoms with Gasteiger partial charge in [0.1, 0.15) is 6.67 Å². The third-order valence-corrected chi connectivity index (χ3v) is 3.70. The number of aliphatic imine (C=N–C) groups is 1. The maximum absolute atomic E-state index is 6.25. The first kappa shape index (κ1) is 11.8. The van der Waals surface area contributed by atoms with Gasteiger partial charge >= 0.3 is 0 Å². The summed E-state index contributed by atoms with van der Waals surface area (Å²) in [5, 5.41) is 3.98. The maximum atomic E-state index is 6.25. The molecule has 0 amide bonds. The number of rotatable bonds is 1. The highest BCUT2D eigenvalue weighted by atomic mass is 79.9. The fourth-order valence-corrected chi connectivity index (χ4v) is 2.63. The number of hydrogen-bond donors (Lipinski definition) is 1. The van der Waals surface area contributed by atoms with Gasteiger partial charge in [-0.15, -0.1) is 0 Å². The molecule has 0 bridgehead atoms. The zero-order chi connectivity index (χ0) is 12.5. The normalized spacial score (nSPS) is 13.6. The van der Waals surface area contributed by atoms with Gasteiger partial charge in [0.05, 0.1) is 5.71 Å². The summed E-state index contributed by atoms with van der Waals surface area (Å²) in [7, 11) is 0.